The molecule has 0 aromatic carbocycles. The van der Waals surface area contributed by atoms with Crippen LogP contribution in [0.25, 0.3) is 0 Å². The van der Waals surface area contributed by atoms with E-state index in [1.165, 1.54) is 5.57 Å². The summed E-state index contributed by atoms with van der Waals surface area (Å²) in [4.78, 5) is 3.72. The summed E-state index contributed by atoms with van der Waals surface area (Å²) in [6.45, 7) is 18.7. The van der Waals surface area contributed by atoms with Crippen LogP contribution in [0.5, 0.6) is 0 Å². The van der Waals surface area contributed by atoms with Gasteiger partial charge in [-0.15, -0.1) is 0 Å². The molecular formula is C17H33NO2Si. The number of hydrogen-bond donors (Lipinski definition) is 1. The molecule has 0 amide bonds. The van der Waals surface area contributed by atoms with Crippen molar-refractivity contribution in [2.45, 2.75) is 66.5 Å². The van der Waals surface area contributed by atoms with E-state index in [0.717, 1.165) is 0 Å². The Morgan fingerprint density at radius 3 is 1.95 bits per heavy atom. The molecule has 1 atom stereocenters. The highest BCUT2D eigenvalue weighted by Crippen LogP contribution is 2.44. The number of nitrogens with one attached hydrogen (secondary N) is 1. The van der Waals surface area contributed by atoms with Gasteiger partial charge < -0.3 is 8.85 Å². The van der Waals surface area contributed by atoms with Gasteiger partial charge in [0.15, 0.2) is 0 Å². The van der Waals surface area contributed by atoms with Crippen molar-refractivity contribution in [1.82, 2.24) is 4.98 Å². The first kappa shape index (κ1) is 18.6. The van der Waals surface area contributed by atoms with Crippen LogP contribution >= 0.6 is 0 Å². The van der Waals surface area contributed by atoms with Gasteiger partial charge in [-0.1, -0.05) is 44.6 Å². The Balaban J connectivity index is 3.22. The third-order valence-corrected chi connectivity index (χ3v) is 7.31. The van der Waals surface area contributed by atoms with Crippen LogP contribution in [0.4, 0.5) is 0 Å². The standard InChI is InChI=1S/C17H33NO2Si/c1-9-19-21(20-10-2,18-17(6,7)8)15-13-11-12-14(15)16(3,4)5/h11-13,15,18H,9-10H2,1-8H3. The lowest BCUT2D eigenvalue weighted by Crippen LogP contribution is -2.65. The molecule has 0 saturated heterocycles. The molecule has 1 unspecified atom stereocenters. The van der Waals surface area contributed by atoms with Gasteiger partial charge in [0, 0.05) is 18.8 Å². The topological polar surface area (TPSA) is 30.5 Å². The summed E-state index contributed by atoms with van der Waals surface area (Å²) >= 11 is 0. The van der Waals surface area contributed by atoms with E-state index in [4.69, 9.17) is 8.85 Å². The molecule has 0 saturated carbocycles. The van der Waals surface area contributed by atoms with Crippen LogP contribution in [0.3, 0.4) is 0 Å². The van der Waals surface area contributed by atoms with Crippen LogP contribution in [0.2, 0.25) is 5.54 Å². The minimum atomic E-state index is -2.58. The van der Waals surface area contributed by atoms with E-state index in [1.54, 1.807) is 0 Å². The Bertz CT molecular complexity index is 396. The summed E-state index contributed by atoms with van der Waals surface area (Å²) in [7, 11) is -2.58. The highest BCUT2D eigenvalue weighted by Gasteiger charge is 2.51. The fraction of sp³-hybridized carbons (Fsp3) is 0.765. The Kier molecular flexibility index (Phi) is 6.01. The molecule has 0 aromatic heterocycles. The first-order valence-electron chi connectivity index (χ1n) is 8.02. The summed E-state index contributed by atoms with van der Waals surface area (Å²) in [6, 6.07) is 0. The van der Waals surface area contributed by atoms with Crippen molar-refractivity contribution in [3.8, 4) is 0 Å². The highest BCUT2D eigenvalue weighted by molar-refractivity contribution is 6.68. The fourth-order valence-corrected chi connectivity index (χ4v) is 6.80. The second-order valence-electron chi connectivity index (χ2n) is 7.64. The quantitative estimate of drug-likeness (QED) is 0.742. The zero-order valence-electron chi connectivity index (χ0n) is 15.0. The Labute approximate surface area is 132 Å². The Morgan fingerprint density at radius 1 is 1.05 bits per heavy atom. The predicted molar refractivity (Wildman–Crippen MR) is 92.3 cm³/mol. The Morgan fingerprint density at radius 2 is 1.57 bits per heavy atom. The van der Waals surface area contributed by atoms with Gasteiger partial charge in [0.05, 0.1) is 5.54 Å². The average molecular weight is 312 g/mol. The van der Waals surface area contributed by atoms with E-state index >= 15 is 0 Å². The molecule has 1 aliphatic rings. The van der Waals surface area contributed by atoms with Crippen molar-refractivity contribution in [3.63, 3.8) is 0 Å². The first-order chi connectivity index (χ1) is 9.56. The van der Waals surface area contributed by atoms with Gasteiger partial charge in [-0.3, -0.25) is 4.98 Å². The average Bonchev–Trinajstić information content (AvgIpc) is 2.75. The van der Waals surface area contributed by atoms with E-state index in [9.17, 15) is 0 Å². The van der Waals surface area contributed by atoms with Crippen molar-refractivity contribution in [2.24, 2.45) is 5.41 Å². The molecule has 1 aliphatic carbocycles. The number of hydrogen-bond acceptors (Lipinski definition) is 3. The lowest BCUT2D eigenvalue weighted by atomic mass is 9.85. The predicted octanol–water partition coefficient (Wildman–Crippen LogP) is 4.30. The minimum Gasteiger partial charge on any atom is -0.382 e. The second-order valence-corrected chi connectivity index (χ2v) is 10.4. The molecule has 3 nitrogen and oxygen atoms in total. The van der Waals surface area contributed by atoms with E-state index < -0.39 is 8.72 Å². The lowest BCUT2D eigenvalue weighted by Gasteiger charge is -2.42. The van der Waals surface area contributed by atoms with Crippen molar-refractivity contribution in [2.75, 3.05) is 13.2 Å². The lowest BCUT2D eigenvalue weighted by molar-refractivity contribution is 0.155. The highest BCUT2D eigenvalue weighted by atomic mass is 28.4. The minimum absolute atomic E-state index is 0.0456. The van der Waals surface area contributed by atoms with E-state index in [1.807, 2.05) is 13.8 Å². The van der Waals surface area contributed by atoms with Gasteiger partial charge in [0.1, 0.15) is 0 Å². The zero-order valence-corrected chi connectivity index (χ0v) is 16.0. The van der Waals surface area contributed by atoms with Crippen LogP contribution in [-0.4, -0.2) is 27.5 Å². The monoisotopic (exact) mass is 311 g/mol. The van der Waals surface area contributed by atoms with E-state index in [-0.39, 0.29) is 16.5 Å². The molecule has 122 valence electrons. The SMILES string of the molecule is CCO[Si](NC(C)(C)C)(OCC)C1C=CC=C1C(C)(C)C. The number of allylic oxidation sites excluding steroid dienone is 4. The fourth-order valence-electron chi connectivity index (χ4n) is 2.85. The van der Waals surface area contributed by atoms with Crippen LogP contribution in [0, 0.1) is 5.41 Å². The molecule has 4 heteroatoms. The maximum absolute atomic E-state index is 6.27. The largest absolute Gasteiger partial charge is 0.436 e. The molecule has 0 bridgehead atoms. The van der Waals surface area contributed by atoms with Crippen molar-refractivity contribution >= 4 is 8.72 Å². The first-order valence-corrected chi connectivity index (χ1v) is 9.91. The summed E-state index contributed by atoms with van der Waals surface area (Å²) < 4.78 is 12.5. The molecule has 1 N–H and O–H groups in total. The van der Waals surface area contributed by atoms with E-state index in [0.29, 0.717) is 13.2 Å². The van der Waals surface area contributed by atoms with Crippen molar-refractivity contribution < 1.29 is 8.85 Å². The van der Waals surface area contributed by atoms with Gasteiger partial charge >= 0.3 is 8.72 Å². The summed E-state index contributed by atoms with van der Waals surface area (Å²) in [5.41, 5.74) is 1.68. The molecule has 1 rings (SSSR count). The molecule has 21 heavy (non-hydrogen) atoms. The van der Waals surface area contributed by atoms with E-state index in [2.05, 4.69) is 64.8 Å². The molecule has 0 radical (unpaired) electrons. The molecular weight excluding hydrogens is 278 g/mol. The summed E-state index contributed by atoms with van der Waals surface area (Å²) in [6.07, 6.45) is 6.63. The molecule has 0 heterocycles. The summed E-state index contributed by atoms with van der Waals surface area (Å²) in [5.74, 6) is 0. The third kappa shape index (κ3) is 4.78. The third-order valence-electron chi connectivity index (χ3n) is 3.46. The zero-order chi connectivity index (χ0) is 16.3. The van der Waals surface area contributed by atoms with Gasteiger partial charge in [-0.25, -0.2) is 0 Å². The van der Waals surface area contributed by atoms with Gasteiger partial charge in [0.2, 0.25) is 0 Å². The van der Waals surface area contributed by atoms with Gasteiger partial charge in [-0.2, -0.15) is 0 Å². The Hall–Kier alpha value is -0.423. The van der Waals surface area contributed by atoms with Crippen molar-refractivity contribution in [1.29, 1.82) is 0 Å². The second kappa shape index (κ2) is 6.78. The van der Waals surface area contributed by atoms with Crippen LogP contribution in [0.1, 0.15) is 55.4 Å². The normalized spacial score (nSPS) is 20.0. The maximum atomic E-state index is 6.27. The molecule has 0 aromatic rings. The van der Waals surface area contributed by atoms with Gasteiger partial charge in [-0.05, 0) is 40.0 Å². The van der Waals surface area contributed by atoms with Crippen molar-refractivity contribution in [3.05, 3.63) is 23.8 Å². The number of rotatable bonds is 6. The van der Waals surface area contributed by atoms with Gasteiger partial charge in [0.25, 0.3) is 0 Å². The molecule has 0 aliphatic heterocycles. The van der Waals surface area contributed by atoms with Crippen LogP contribution in [-0.2, 0) is 8.85 Å². The van der Waals surface area contributed by atoms with Crippen LogP contribution in [0.15, 0.2) is 23.8 Å². The maximum Gasteiger partial charge on any atom is 0.436 e. The van der Waals surface area contributed by atoms with Crippen LogP contribution < -0.4 is 4.98 Å². The molecule has 0 fully saturated rings. The molecule has 0 spiro atoms. The summed E-state index contributed by atoms with van der Waals surface area (Å²) in [5, 5.41) is 0. The smallest absolute Gasteiger partial charge is 0.382 e.